The summed E-state index contributed by atoms with van der Waals surface area (Å²) in [5.74, 6) is -0.741. The number of likely N-dealkylation sites (tertiary alicyclic amines) is 1. The van der Waals surface area contributed by atoms with Gasteiger partial charge in [-0.05, 0) is 30.5 Å². The predicted octanol–water partition coefficient (Wildman–Crippen LogP) is 5.74. The van der Waals surface area contributed by atoms with E-state index in [-0.39, 0.29) is 59.6 Å². The molecule has 6 rings (SSSR count). The van der Waals surface area contributed by atoms with Crippen molar-refractivity contribution in [1.82, 2.24) is 14.9 Å². The molecule has 8 nitrogen and oxygen atoms in total. The van der Waals surface area contributed by atoms with Crippen molar-refractivity contribution in [2.24, 2.45) is 5.41 Å². The third-order valence-corrected chi connectivity index (χ3v) is 9.26. The SMILES string of the molecule is COc1nc(N2CCCCC3(CN(C(C)=O)C3)C2)c2cc(Cl)c(-c3ccc(F)c4sc(N)c(C#N)c34)c(F)c2n1. The minimum atomic E-state index is -0.734. The number of carbonyl (C=O) groups excluding carboxylic acids is 1. The van der Waals surface area contributed by atoms with Gasteiger partial charge in [0.1, 0.15) is 28.2 Å². The number of amides is 1. The van der Waals surface area contributed by atoms with Crippen molar-refractivity contribution in [1.29, 1.82) is 5.26 Å². The second-order valence-electron chi connectivity index (χ2n) is 10.5. The van der Waals surface area contributed by atoms with Crippen LogP contribution >= 0.6 is 22.9 Å². The Hall–Kier alpha value is -3.75. The fraction of sp³-hybridized carbons (Fsp3) is 0.357. The van der Waals surface area contributed by atoms with Crippen LogP contribution in [0.1, 0.15) is 31.7 Å². The average Bonchev–Trinajstić information content (AvgIpc) is 3.09. The largest absolute Gasteiger partial charge is 0.467 e. The summed E-state index contributed by atoms with van der Waals surface area (Å²) < 4.78 is 36.7. The van der Waals surface area contributed by atoms with E-state index in [1.54, 1.807) is 13.0 Å². The van der Waals surface area contributed by atoms with Crippen molar-refractivity contribution in [3.63, 3.8) is 0 Å². The van der Waals surface area contributed by atoms with Crippen LogP contribution in [-0.2, 0) is 4.79 Å². The number of anilines is 2. The molecule has 0 atom stereocenters. The number of methoxy groups -OCH3 is 1. The standard InChI is InChI=1S/C28H25ClF2N6O2S/c1-14(38)37-12-28(13-37)7-3-4-8-36(11-28)26-16-9-18(29)21(22(31)23(16)34-27(35-26)39-2)15-5-6-19(30)24-20(15)17(10-32)25(33)40-24/h5-6,9H,3-4,7-8,11-13,33H2,1-2H3. The fourth-order valence-electron chi connectivity index (χ4n) is 6.04. The molecule has 0 radical (unpaired) electrons. The maximum absolute atomic E-state index is 16.5. The summed E-state index contributed by atoms with van der Waals surface area (Å²) in [5, 5.41) is 10.6. The molecular weight excluding hydrogens is 558 g/mol. The molecule has 2 aromatic carbocycles. The number of thiophene rings is 1. The zero-order chi connectivity index (χ0) is 28.3. The van der Waals surface area contributed by atoms with Crippen LogP contribution in [-0.4, -0.2) is 54.1 Å². The van der Waals surface area contributed by atoms with Crippen LogP contribution in [0.5, 0.6) is 6.01 Å². The molecule has 40 heavy (non-hydrogen) atoms. The highest BCUT2D eigenvalue weighted by Crippen LogP contribution is 2.46. The van der Waals surface area contributed by atoms with Crippen LogP contribution in [0.3, 0.4) is 0 Å². The number of ether oxygens (including phenoxy) is 1. The Balaban J connectivity index is 1.53. The summed E-state index contributed by atoms with van der Waals surface area (Å²) in [6, 6.07) is 6.23. The van der Waals surface area contributed by atoms with E-state index in [0.717, 1.165) is 30.6 Å². The lowest BCUT2D eigenvalue weighted by Crippen LogP contribution is -2.61. The van der Waals surface area contributed by atoms with Gasteiger partial charge in [-0.25, -0.2) is 8.78 Å². The van der Waals surface area contributed by atoms with Gasteiger partial charge in [-0.2, -0.15) is 15.2 Å². The van der Waals surface area contributed by atoms with Crippen LogP contribution in [0.2, 0.25) is 5.02 Å². The zero-order valence-corrected chi connectivity index (χ0v) is 23.4. The zero-order valence-electron chi connectivity index (χ0n) is 21.9. The maximum atomic E-state index is 16.5. The van der Waals surface area contributed by atoms with E-state index in [4.69, 9.17) is 22.1 Å². The first kappa shape index (κ1) is 26.5. The van der Waals surface area contributed by atoms with Crippen LogP contribution in [0.4, 0.5) is 19.6 Å². The van der Waals surface area contributed by atoms with E-state index in [1.807, 2.05) is 11.0 Å². The number of nitrogens with zero attached hydrogens (tertiary/aromatic N) is 5. The van der Waals surface area contributed by atoms with Gasteiger partial charge < -0.3 is 20.3 Å². The molecule has 12 heteroatoms. The normalized spacial score (nSPS) is 16.7. The first-order valence-electron chi connectivity index (χ1n) is 12.8. The number of rotatable bonds is 3. The summed E-state index contributed by atoms with van der Waals surface area (Å²) in [4.78, 5) is 24.8. The fourth-order valence-corrected chi connectivity index (χ4v) is 7.28. The van der Waals surface area contributed by atoms with Gasteiger partial charge in [-0.3, -0.25) is 4.79 Å². The third kappa shape index (κ3) is 4.09. The first-order valence-corrected chi connectivity index (χ1v) is 14.0. The molecule has 2 saturated heterocycles. The van der Waals surface area contributed by atoms with Crippen LogP contribution < -0.4 is 15.4 Å². The van der Waals surface area contributed by atoms with Crippen LogP contribution in [0.15, 0.2) is 18.2 Å². The predicted molar refractivity (Wildman–Crippen MR) is 152 cm³/mol. The van der Waals surface area contributed by atoms with Gasteiger partial charge in [0, 0.05) is 54.9 Å². The number of nitriles is 1. The lowest BCUT2D eigenvalue weighted by molar-refractivity contribution is -0.140. The van der Waals surface area contributed by atoms with E-state index >= 15 is 4.39 Å². The number of nitrogens with two attached hydrogens (primary N) is 1. The Kier molecular flexibility index (Phi) is 6.43. The number of nitrogen functional groups attached to an aromatic ring is 1. The maximum Gasteiger partial charge on any atom is 0.318 e. The first-order chi connectivity index (χ1) is 19.2. The second-order valence-corrected chi connectivity index (χ2v) is 11.9. The molecule has 2 fully saturated rings. The van der Waals surface area contributed by atoms with Crippen molar-refractivity contribution >= 4 is 60.7 Å². The molecule has 1 spiro atoms. The van der Waals surface area contributed by atoms with Crippen molar-refractivity contribution in [3.8, 4) is 23.2 Å². The lowest BCUT2D eigenvalue weighted by atomic mass is 9.76. The molecule has 0 bridgehead atoms. The quantitative estimate of drug-likeness (QED) is 0.328. The highest BCUT2D eigenvalue weighted by atomic mass is 35.5. The molecule has 206 valence electrons. The van der Waals surface area contributed by atoms with Gasteiger partial charge >= 0.3 is 6.01 Å². The Morgan fingerprint density at radius 1 is 1.25 bits per heavy atom. The molecule has 2 aliphatic rings. The molecule has 4 aromatic rings. The van der Waals surface area contributed by atoms with Gasteiger partial charge in [0.05, 0.1) is 22.4 Å². The monoisotopic (exact) mass is 582 g/mol. The molecule has 1 amide bonds. The smallest absolute Gasteiger partial charge is 0.318 e. The van der Waals surface area contributed by atoms with E-state index in [9.17, 15) is 14.4 Å². The highest BCUT2D eigenvalue weighted by Gasteiger charge is 2.46. The Bertz CT molecular complexity index is 1750. The number of carbonyl (C=O) groups is 1. The van der Waals surface area contributed by atoms with E-state index in [2.05, 4.69) is 14.9 Å². The topological polar surface area (TPSA) is 108 Å². The average molecular weight is 583 g/mol. The van der Waals surface area contributed by atoms with E-state index in [0.29, 0.717) is 37.4 Å². The third-order valence-electron chi connectivity index (χ3n) is 7.93. The van der Waals surface area contributed by atoms with E-state index < -0.39 is 11.6 Å². The lowest BCUT2D eigenvalue weighted by Gasteiger charge is -2.51. The number of halogens is 3. The highest BCUT2D eigenvalue weighted by molar-refractivity contribution is 7.23. The van der Waals surface area contributed by atoms with Crippen LogP contribution in [0.25, 0.3) is 32.1 Å². The number of hydrogen-bond donors (Lipinski definition) is 1. The summed E-state index contributed by atoms with van der Waals surface area (Å²) >= 11 is 7.69. The van der Waals surface area contributed by atoms with Gasteiger partial charge in [0.2, 0.25) is 5.91 Å². The number of fused-ring (bicyclic) bond motifs is 2. The summed E-state index contributed by atoms with van der Waals surface area (Å²) in [7, 11) is 1.41. The Morgan fingerprint density at radius 2 is 2.02 bits per heavy atom. The van der Waals surface area contributed by atoms with E-state index in [1.165, 1.54) is 19.2 Å². The van der Waals surface area contributed by atoms with Crippen molar-refractivity contribution < 1.29 is 18.3 Å². The van der Waals surface area contributed by atoms with Gasteiger partial charge in [0.15, 0.2) is 5.82 Å². The molecular formula is C28H25ClF2N6O2S. The molecule has 2 N–H and O–H groups in total. The van der Waals surface area contributed by atoms with Crippen molar-refractivity contribution in [2.45, 2.75) is 26.2 Å². The molecule has 2 aliphatic heterocycles. The minimum Gasteiger partial charge on any atom is -0.467 e. The minimum absolute atomic E-state index is 0.00213. The van der Waals surface area contributed by atoms with Crippen molar-refractivity contribution in [3.05, 3.63) is 40.4 Å². The second kappa shape index (κ2) is 9.71. The van der Waals surface area contributed by atoms with Gasteiger partial charge in [-0.1, -0.05) is 24.1 Å². The molecule has 0 unspecified atom stereocenters. The van der Waals surface area contributed by atoms with Crippen molar-refractivity contribution in [2.75, 3.05) is 43.9 Å². The number of hydrogen-bond acceptors (Lipinski definition) is 8. The molecule has 0 aliphatic carbocycles. The number of benzene rings is 2. The number of aromatic nitrogens is 2. The Labute approximate surface area is 237 Å². The Morgan fingerprint density at radius 3 is 2.73 bits per heavy atom. The molecule has 2 aromatic heterocycles. The summed E-state index contributed by atoms with van der Waals surface area (Å²) in [6.07, 6.45) is 2.90. The van der Waals surface area contributed by atoms with Gasteiger partial charge in [-0.15, -0.1) is 11.3 Å². The molecule has 0 saturated carbocycles. The summed E-state index contributed by atoms with van der Waals surface area (Å²) in [6.45, 7) is 4.25. The van der Waals surface area contributed by atoms with Gasteiger partial charge in [0.25, 0.3) is 0 Å². The molecule has 4 heterocycles. The van der Waals surface area contributed by atoms with Crippen LogP contribution in [0, 0.1) is 28.4 Å². The summed E-state index contributed by atoms with van der Waals surface area (Å²) in [5.41, 5.74) is 6.24.